The van der Waals surface area contributed by atoms with Crippen molar-refractivity contribution in [1.29, 1.82) is 0 Å². The fourth-order valence-electron chi connectivity index (χ4n) is 3.84. The molecule has 1 aliphatic heterocycles. The maximum Gasteiger partial charge on any atom is 0.0452 e. The van der Waals surface area contributed by atoms with Gasteiger partial charge in [0.2, 0.25) is 0 Å². The lowest BCUT2D eigenvalue weighted by Gasteiger charge is -2.36. The van der Waals surface area contributed by atoms with Crippen LogP contribution in [0.4, 0.5) is 0 Å². The second-order valence-corrected chi connectivity index (χ2v) is 7.32. The van der Waals surface area contributed by atoms with Gasteiger partial charge in [0.05, 0.1) is 0 Å². The van der Waals surface area contributed by atoms with E-state index in [-0.39, 0.29) is 0 Å². The first-order valence-electron chi connectivity index (χ1n) is 7.97. The lowest BCUT2D eigenvalue weighted by molar-refractivity contribution is 0.308. The minimum atomic E-state index is 0.724. The second-order valence-electron chi connectivity index (χ2n) is 6.48. The van der Waals surface area contributed by atoms with Gasteiger partial charge in [0.25, 0.3) is 0 Å². The van der Waals surface area contributed by atoms with E-state index < -0.39 is 0 Å². The van der Waals surface area contributed by atoms with Crippen LogP contribution in [0.15, 0.2) is 29.3 Å². The molecule has 1 aliphatic carbocycles. The highest BCUT2D eigenvalue weighted by molar-refractivity contribution is 6.35. The second kappa shape index (κ2) is 6.73. The highest BCUT2D eigenvalue weighted by Gasteiger charge is 2.26. The first-order chi connectivity index (χ1) is 10.1. The van der Waals surface area contributed by atoms with Crippen LogP contribution in [0.3, 0.4) is 0 Å². The first-order valence-corrected chi connectivity index (χ1v) is 8.72. The number of halogens is 2. The van der Waals surface area contributed by atoms with E-state index in [2.05, 4.69) is 18.0 Å². The molecular formula is C18H23Cl2N. The molecule has 2 aliphatic rings. The average molecular weight is 324 g/mol. The number of nitrogens with zero attached hydrogens (tertiary/aromatic N) is 1. The molecule has 114 valence electrons. The Balaban J connectivity index is 1.68. The Morgan fingerprint density at radius 3 is 2.90 bits per heavy atom. The van der Waals surface area contributed by atoms with Crippen LogP contribution in [0.5, 0.6) is 0 Å². The highest BCUT2D eigenvalue weighted by atomic mass is 35.5. The zero-order valence-electron chi connectivity index (χ0n) is 12.7. The molecule has 3 rings (SSSR count). The summed E-state index contributed by atoms with van der Waals surface area (Å²) in [6, 6.07) is 5.89. The number of hydrogen-bond acceptors (Lipinski definition) is 1. The molecule has 0 fully saturated rings. The zero-order chi connectivity index (χ0) is 14.8. The molecule has 0 aromatic heterocycles. The maximum atomic E-state index is 6.30. The highest BCUT2D eigenvalue weighted by Crippen LogP contribution is 2.38. The number of rotatable bonds is 3. The molecule has 0 radical (unpaired) electrons. The molecule has 1 unspecified atom stereocenters. The van der Waals surface area contributed by atoms with E-state index in [0.717, 1.165) is 22.4 Å². The van der Waals surface area contributed by atoms with Crippen molar-refractivity contribution < 1.29 is 0 Å². The van der Waals surface area contributed by atoms with Gasteiger partial charge >= 0.3 is 0 Å². The van der Waals surface area contributed by atoms with Crippen molar-refractivity contribution in [1.82, 2.24) is 4.90 Å². The van der Waals surface area contributed by atoms with Crippen LogP contribution in [0.2, 0.25) is 10.0 Å². The number of likely N-dealkylation sites (N-methyl/N-ethyl adjacent to an activating group) is 1. The predicted molar refractivity (Wildman–Crippen MR) is 91.3 cm³/mol. The molecule has 0 saturated heterocycles. The molecule has 1 nitrogen and oxygen atoms in total. The Bertz CT molecular complexity index is 550. The first kappa shape index (κ1) is 15.4. The fraction of sp³-hybridized carbons (Fsp3) is 0.556. The van der Waals surface area contributed by atoms with Crippen molar-refractivity contribution in [3.8, 4) is 0 Å². The summed E-state index contributed by atoms with van der Waals surface area (Å²) in [5, 5.41) is 1.54. The van der Waals surface area contributed by atoms with Crippen molar-refractivity contribution in [3.63, 3.8) is 0 Å². The van der Waals surface area contributed by atoms with Crippen molar-refractivity contribution >= 4 is 23.2 Å². The maximum absolute atomic E-state index is 6.30. The van der Waals surface area contributed by atoms with Gasteiger partial charge in [-0.15, -0.1) is 0 Å². The molecule has 21 heavy (non-hydrogen) atoms. The summed E-state index contributed by atoms with van der Waals surface area (Å²) in [4.78, 5) is 2.46. The van der Waals surface area contributed by atoms with Gasteiger partial charge in [-0.05, 0) is 69.2 Å². The van der Waals surface area contributed by atoms with Gasteiger partial charge in [0, 0.05) is 23.1 Å². The lowest BCUT2D eigenvalue weighted by atomic mass is 9.77. The summed E-state index contributed by atoms with van der Waals surface area (Å²) in [6.07, 6.45) is 7.58. The van der Waals surface area contributed by atoms with E-state index in [4.69, 9.17) is 23.2 Å². The van der Waals surface area contributed by atoms with Crippen LogP contribution in [0, 0.1) is 5.92 Å². The van der Waals surface area contributed by atoms with Crippen LogP contribution in [0.25, 0.3) is 0 Å². The molecule has 0 saturated carbocycles. The molecule has 0 N–H and O–H groups in total. The van der Waals surface area contributed by atoms with Crippen LogP contribution in [-0.2, 0) is 6.42 Å². The largest absolute Gasteiger partial charge is 0.302 e. The van der Waals surface area contributed by atoms with Crippen LogP contribution in [-0.4, -0.2) is 25.0 Å². The summed E-state index contributed by atoms with van der Waals surface area (Å²) in [6.45, 7) is 2.41. The van der Waals surface area contributed by atoms with E-state index in [1.165, 1.54) is 50.8 Å². The van der Waals surface area contributed by atoms with E-state index in [0.29, 0.717) is 0 Å². The average Bonchev–Trinajstić information content (AvgIpc) is 2.46. The van der Waals surface area contributed by atoms with Crippen molar-refractivity contribution in [2.24, 2.45) is 5.92 Å². The van der Waals surface area contributed by atoms with Crippen LogP contribution >= 0.6 is 23.2 Å². The lowest BCUT2D eigenvalue weighted by Crippen LogP contribution is -2.31. The molecule has 0 bridgehead atoms. The summed E-state index contributed by atoms with van der Waals surface area (Å²) in [7, 11) is 2.24. The van der Waals surface area contributed by atoms with Crippen LogP contribution < -0.4 is 0 Å². The number of hydrogen-bond donors (Lipinski definition) is 0. The predicted octanol–water partition coefficient (Wildman–Crippen LogP) is 5.36. The van der Waals surface area contributed by atoms with Gasteiger partial charge in [-0.2, -0.15) is 0 Å². The third-order valence-corrected chi connectivity index (χ3v) is 5.57. The van der Waals surface area contributed by atoms with Crippen molar-refractivity contribution in [2.75, 3.05) is 20.1 Å². The molecule has 0 spiro atoms. The van der Waals surface area contributed by atoms with Crippen molar-refractivity contribution in [2.45, 2.75) is 38.5 Å². The Morgan fingerprint density at radius 2 is 2.10 bits per heavy atom. The van der Waals surface area contributed by atoms with Gasteiger partial charge in [-0.25, -0.2) is 0 Å². The summed E-state index contributed by atoms with van der Waals surface area (Å²) < 4.78 is 0. The van der Waals surface area contributed by atoms with Gasteiger partial charge < -0.3 is 4.90 Å². The Kier molecular flexibility index (Phi) is 4.93. The Hall–Kier alpha value is -0.500. The topological polar surface area (TPSA) is 3.24 Å². The fourth-order valence-corrected chi connectivity index (χ4v) is 4.34. The van der Waals surface area contributed by atoms with Gasteiger partial charge in [-0.3, -0.25) is 0 Å². The zero-order valence-corrected chi connectivity index (χ0v) is 14.2. The molecule has 1 atom stereocenters. The molecule has 1 aromatic rings. The number of benzene rings is 1. The SMILES string of the molecule is CN1CCC2=C(CCCC2CCc2ccc(Cl)cc2Cl)C1. The van der Waals surface area contributed by atoms with Gasteiger partial charge in [0.15, 0.2) is 0 Å². The Labute approximate surface area is 137 Å². The molecule has 1 aromatic carbocycles. The van der Waals surface area contributed by atoms with E-state index in [1.54, 1.807) is 11.1 Å². The minimum Gasteiger partial charge on any atom is -0.302 e. The molecule has 1 heterocycles. The molecule has 0 amide bonds. The van der Waals surface area contributed by atoms with Crippen molar-refractivity contribution in [3.05, 3.63) is 45.0 Å². The molecular weight excluding hydrogens is 301 g/mol. The third-order valence-electron chi connectivity index (χ3n) is 4.98. The van der Waals surface area contributed by atoms with E-state index in [1.807, 2.05) is 12.1 Å². The summed E-state index contributed by atoms with van der Waals surface area (Å²) in [5.74, 6) is 0.772. The normalized spacial score (nSPS) is 23.3. The van der Waals surface area contributed by atoms with Gasteiger partial charge in [0.1, 0.15) is 0 Å². The van der Waals surface area contributed by atoms with Gasteiger partial charge in [-0.1, -0.05) is 40.4 Å². The van der Waals surface area contributed by atoms with E-state index >= 15 is 0 Å². The quantitative estimate of drug-likeness (QED) is 0.677. The van der Waals surface area contributed by atoms with E-state index in [9.17, 15) is 0 Å². The Morgan fingerprint density at radius 1 is 1.24 bits per heavy atom. The monoisotopic (exact) mass is 323 g/mol. The number of aryl methyl sites for hydroxylation is 1. The minimum absolute atomic E-state index is 0.724. The smallest absolute Gasteiger partial charge is 0.0452 e. The molecule has 3 heteroatoms. The summed E-state index contributed by atoms with van der Waals surface area (Å²) in [5.41, 5.74) is 4.73. The summed E-state index contributed by atoms with van der Waals surface area (Å²) >= 11 is 12.3. The standard InChI is InChI=1S/C18H23Cl2N/c1-21-10-9-17-13(3-2-4-15(17)12-21)5-6-14-7-8-16(19)11-18(14)20/h7-8,11,13H,2-6,9-10,12H2,1H3. The third kappa shape index (κ3) is 3.64. The van der Waals surface area contributed by atoms with Crippen LogP contribution in [0.1, 0.15) is 37.7 Å².